The molecule has 1 aliphatic carbocycles. The van der Waals surface area contributed by atoms with Crippen molar-refractivity contribution in [1.82, 2.24) is 18.8 Å². The molecule has 1 N–H and O–H groups in total. The summed E-state index contributed by atoms with van der Waals surface area (Å²) in [6, 6.07) is 5.75. The predicted molar refractivity (Wildman–Crippen MR) is 132 cm³/mol. The fraction of sp³-hybridized carbons (Fsp3) is 0.500. The summed E-state index contributed by atoms with van der Waals surface area (Å²) in [7, 11) is -1.46. The predicted octanol–water partition coefficient (Wildman–Crippen LogP) is 2.48. The minimum Gasteiger partial charge on any atom is -0.459 e. The van der Waals surface area contributed by atoms with Crippen LogP contribution in [0, 0.1) is 5.92 Å². The Morgan fingerprint density at radius 1 is 1.24 bits per heavy atom. The van der Waals surface area contributed by atoms with E-state index < -0.39 is 10.0 Å². The van der Waals surface area contributed by atoms with Gasteiger partial charge in [0.2, 0.25) is 10.0 Å². The van der Waals surface area contributed by atoms with Gasteiger partial charge in [0.05, 0.1) is 18.2 Å². The zero-order valence-corrected chi connectivity index (χ0v) is 20.6. The van der Waals surface area contributed by atoms with Gasteiger partial charge in [-0.05, 0) is 43.9 Å². The van der Waals surface area contributed by atoms with Crippen molar-refractivity contribution in [1.29, 1.82) is 0 Å². The number of sulfonamides is 1. The molecule has 0 bridgehead atoms. The van der Waals surface area contributed by atoms with Crippen LogP contribution in [0.5, 0.6) is 0 Å². The number of nitrogens with zero attached hydrogens (tertiary/aromatic N) is 4. The van der Waals surface area contributed by atoms with Gasteiger partial charge in [0.15, 0.2) is 0 Å². The molecule has 1 unspecified atom stereocenters. The lowest BCUT2D eigenvalue weighted by Gasteiger charge is -2.38. The largest absolute Gasteiger partial charge is 0.459 e. The van der Waals surface area contributed by atoms with Crippen LogP contribution in [0.15, 0.2) is 39.8 Å². The number of furan rings is 1. The fourth-order valence-electron chi connectivity index (χ4n) is 4.60. The van der Waals surface area contributed by atoms with E-state index in [2.05, 4.69) is 15.2 Å². The third kappa shape index (κ3) is 4.62. The summed E-state index contributed by atoms with van der Waals surface area (Å²) < 4.78 is 33.2. The Morgan fingerprint density at radius 3 is 2.74 bits per heavy atom. The fourth-order valence-corrected chi connectivity index (χ4v) is 5.50. The summed E-state index contributed by atoms with van der Waals surface area (Å²) in [4.78, 5) is 19.7. The van der Waals surface area contributed by atoms with Gasteiger partial charge < -0.3 is 14.3 Å². The first kappa shape index (κ1) is 23.1. The highest BCUT2D eigenvalue weighted by molar-refractivity contribution is 7.88. The van der Waals surface area contributed by atoms with E-state index in [1.165, 1.54) is 23.4 Å². The highest BCUT2D eigenvalue weighted by atomic mass is 32.2. The standard InChI is InChI=1S/C24H31N5O4S/c1-16-13-29(34(3,31)32)10-9-28(16)14-18-11-20-22(33-18)21(15-27(2)24(20)30)19-5-4-8-25-23(19)26-12-17-6-7-17/h4-5,8,11,15-17H,6-7,9-10,12-14H2,1-3H3,(H,25,26). The van der Waals surface area contributed by atoms with Crippen LogP contribution in [0.1, 0.15) is 25.5 Å². The maximum absolute atomic E-state index is 12.9. The topological polar surface area (TPSA) is 101 Å². The summed E-state index contributed by atoms with van der Waals surface area (Å²) in [5, 5.41) is 4.00. The van der Waals surface area contributed by atoms with Crippen LogP contribution < -0.4 is 10.9 Å². The average Bonchev–Trinajstić information content (AvgIpc) is 3.53. The van der Waals surface area contributed by atoms with E-state index >= 15 is 0 Å². The van der Waals surface area contributed by atoms with Crippen LogP contribution >= 0.6 is 0 Å². The van der Waals surface area contributed by atoms with E-state index in [1.807, 2.05) is 31.3 Å². The second-order valence-electron chi connectivity index (χ2n) is 9.58. The molecule has 9 nitrogen and oxygen atoms in total. The van der Waals surface area contributed by atoms with E-state index in [9.17, 15) is 13.2 Å². The molecule has 10 heteroatoms. The van der Waals surface area contributed by atoms with E-state index in [4.69, 9.17) is 4.42 Å². The summed E-state index contributed by atoms with van der Waals surface area (Å²) >= 11 is 0. The summed E-state index contributed by atoms with van der Waals surface area (Å²) in [6.45, 7) is 4.90. The number of rotatable bonds is 7. The van der Waals surface area contributed by atoms with E-state index in [0.717, 1.165) is 23.5 Å². The third-order valence-electron chi connectivity index (χ3n) is 6.81. The van der Waals surface area contributed by atoms with E-state index in [-0.39, 0.29) is 11.6 Å². The average molecular weight is 486 g/mol. The number of hydrogen-bond donors (Lipinski definition) is 1. The van der Waals surface area contributed by atoms with Crippen molar-refractivity contribution < 1.29 is 12.8 Å². The van der Waals surface area contributed by atoms with Gasteiger partial charge in [-0.3, -0.25) is 9.69 Å². The lowest BCUT2D eigenvalue weighted by atomic mass is 10.1. The quantitative estimate of drug-likeness (QED) is 0.549. The molecule has 2 fully saturated rings. The van der Waals surface area contributed by atoms with Gasteiger partial charge in [0.25, 0.3) is 5.56 Å². The van der Waals surface area contributed by atoms with Crippen LogP contribution in [0.25, 0.3) is 22.1 Å². The van der Waals surface area contributed by atoms with E-state index in [1.54, 1.807) is 17.8 Å². The maximum atomic E-state index is 12.9. The Labute approximate surface area is 199 Å². The van der Waals surface area contributed by atoms with Crippen LogP contribution in [0.2, 0.25) is 0 Å². The monoisotopic (exact) mass is 485 g/mol. The zero-order valence-electron chi connectivity index (χ0n) is 19.8. The van der Waals surface area contributed by atoms with Crippen molar-refractivity contribution >= 4 is 26.8 Å². The van der Waals surface area contributed by atoms with Gasteiger partial charge in [-0.2, -0.15) is 4.31 Å². The molecular formula is C24H31N5O4S. The third-order valence-corrected chi connectivity index (χ3v) is 8.08. The maximum Gasteiger partial charge on any atom is 0.261 e. The Bertz CT molecular complexity index is 1380. The first-order valence-corrected chi connectivity index (χ1v) is 13.6. The van der Waals surface area contributed by atoms with Gasteiger partial charge in [0, 0.05) is 62.8 Å². The van der Waals surface area contributed by atoms with Crippen LogP contribution in [0.4, 0.5) is 5.82 Å². The van der Waals surface area contributed by atoms with Crippen molar-refractivity contribution in [2.45, 2.75) is 32.4 Å². The minimum atomic E-state index is -3.21. The molecule has 1 saturated heterocycles. The second-order valence-corrected chi connectivity index (χ2v) is 11.6. The van der Waals surface area contributed by atoms with Gasteiger partial charge >= 0.3 is 0 Å². The van der Waals surface area contributed by atoms with Gasteiger partial charge in [-0.25, -0.2) is 13.4 Å². The first-order valence-electron chi connectivity index (χ1n) is 11.7. The van der Waals surface area contributed by atoms with E-state index in [0.29, 0.717) is 48.8 Å². The van der Waals surface area contributed by atoms with Crippen molar-refractivity contribution in [3.05, 3.63) is 46.7 Å². The number of pyridine rings is 2. The van der Waals surface area contributed by atoms with Crippen molar-refractivity contribution in [2.24, 2.45) is 13.0 Å². The number of nitrogens with one attached hydrogen (secondary N) is 1. The summed E-state index contributed by atoms with van der Waals surface area (Å²) in [5.74, 6) is 2.18. The first-order chi connectivity index (χ1) is 16.2. The van der Waals surface area contributed by atoms with Gasteiger partial charge in [0.1, 0.15) is 17.2 Å². The molecule has 0 radical (unpaired) electrons. The van der Waals surface area contributed by atoms with Crippen molar-refractivity contribution in [3.8, 4) is 11.1 Å². The minimum absolute atomic E-state index is 0.0375. The second kappa shape index (κ2) is 8.83. The molecule has 5 rings (SSSR count). The molecule has 3 aromatic rings. The summed E-state index contributed by atoms with van der Waals surface area (Å²) in [5.41, 5.74) is 2.17. The number of anilines is 1. The molecule has 3 aromatic heterocycles. The van der Waals surface area contributed by atoms with Crippen molar-refractivity contribution in [3.63, 3.8) is 0 Å². The summed E-state index contributed by atoms with van der Waals surface area (Å²) in [6.07, 6.45) is 7.32. The van der Waals surface area contributed by atoms with Crippen LogP contribution in [-0.2, 0) is 23.6 Å². The number of fused-ring (bicyclic) bond motifs is 1. The Balaban J connectivity index is 1.47. The smallest absolute Gasteiger partial charge is 0.261 e. The highest BCUT2D eigenvalue weighted by Gasteiger charge is 2.29. The molecule has 2 aliphatic rings. The molecule has 0 amide bonds. The Morgan fingerprint density at radius 2 is 2.03 bits per heavy atom. The molecule has 0 aromatic carbocycles. The molecule has 34 heavy (non-hydrogen) atoms. The Kier molecular flexibility index (Phi) is 5.99. The molecule has 182 valence electrons. The highest BCUT2D eigenvalue weighted by Crippen LogP contribution is 2.35. The molecule has 1 aliphatic heterocycles. The lowest BCUT2D eigenvalue weighted by molar-refractivity contribution is 0.115. The van der Waals surface area contributed by atoms with Gasteiger partial charge in [-0.15, -0.1) is 0 Å². The normalized spacial score (nSPS) is 20.1. The van der Waals surface area contributed by atoms with Crippen molar-refractivity contribution in [2.75, 3.05) is 37.8 Å². The number of hydrogen-bond acceptors (Lipinski definition) is 7. The number of aryl methyl sites for hydroxylation is 1. The SMILES string of the molecule is CC1CN(S(C)(=O)=O)CCN1Cc1cc2c(=O)n(C)cc(-c3cccnc3NCC3CC3)c2o1. The molecule has 4 heterocycles. The lowest BCUT2D eigenvalue weighted by Crippen LogP contribution is -2.52. The van der Waals surface area contributed by atoms with Crippen LogP contribution in [-0.4, -0.2) is 65.7 Å². The molecular weight excluding hydrogens is 454 g/mol. The molecule has 1 atom stereocenters. The Hall–Kier alpha value is -2.69. The zero-order chi connectivity index (χ0) is 24.0. The number of piperazine rings is 1. The number of aromatic nitrogens is 2. The molecule has 1 saturated carbocycles. The molecule has 0 spiro atoms. The van der Waals surface area contributed by atoms with Crippen LogP contribution in [0.3, 0.4) is 0 Å². The van der Waals surface area contributed by atoms with Gasteiger partial charge in [-0.1, -0.05) is 0 Å².